The molecule has 1 atom stereocenters. The Morgan fingerprint density at radius 2 is 2.00 bits per heavy atom. The van der Waals surface area contributed by atoms with Crippen LogP contribution < -0.4 is 10.2 Å². The van der Waals surface area contributed by atoms with Crippen molar-refractivity contribution in [2.24, 2.45) is 0 Å². The first-order valence-corrected chi connectivity index (χ1v) is 12.8. The molecule has 1 saturated heterocycles. The Balaban J connectivity index is 1.54. The number of alkyl halides is 4. The van der Waals surface area contributed by atoms with Crippen molar-refractivity contribution in [3.63, 3.8) is 0 Å². The number of thiazole rings is 1. The summed E-state index contributed by atoms with van der Waals surface area (Å²) in [4.78, 5) is 24.5. The molecule has 9 nitrogen and oxygen atoms in total. The lowest BCUT2D eigenvalue weighted by Crippen LogP contribution is -2.53. The maximum absolute atomic E-state index is 14.1. The van der Waals surface area contributed by atoms with Gasteiger partial charge in [-0.2, -0.15) is 28.0 Å². The van der Waals surface area contributed by atoms with Crippen molar-refractivity contribution in [1.82, 2.24) is 29.8 Å². The SMILES string of the molecule is CN1CCN(c2cc(C(=O)NCc3ccc(C#N)cc3)nc3cc(-c4scnc4C(F)(F)F)nn23)[C@H](CF)C1. The normalized spacial score (nSPS) is 16.4. The maximum atomic E-state index is 14.1. The van der Waals surface area contributed by atoms with E-state index in [9.17, 15) is 22.4 Å². The molecule has 1 aliphatic rings. The average molecular weight is 559 g/mol. The smallest absolute Gasteiger partial charge is 0.348 e. The van der Waals surface area contributed by atoms with Gasteiger partial charge in [0.15, 0.2) is 11.3 Å². The molecule has 1 amide bonds. The van der Waals surface area contributed by atoms with Gasteiger partial charge in [0.25, 0.3) is 5.91 Å². The first-order chi connectivity index (χ1) is 18.7. The third kappa shape index (κ3) is 5.41. The minimum absolute atomic E-state index is 0.000332. The molecule has 0 bridgehead atoms. The van der Waals surface area contributed by atoms with Crippen molar-refractivity contribution in [1.29, 1.82) is 5.26 Å². The Morgan fingerprint density at radius 1 is 1.23 bits per heavy atom. The van der Waals surface area contributed by atoms with Gasteiger partial charge in [-0.1, -0.05) is 12.1 Å². The molecule has 3 aromatic heterocycles. The number of nitrogens with zero attached hydrogens (tertiary/aromatic N) is 7. The number of rotatable bonds is 6. The summed E-state index contributed by atoms with van der Waals surface area (Å²) in [6.07, 6.45) is -4.67. The van der Waals surface area contributed by atoms with Crippen molar-refractivity contribution >= 4 is 28.7 Å². The van der Waals surface area contributed by atoms with E-state index in [-0.39, 0.29) is 28.5 Å². The molecule has 0 aliphatic carbocycles. The molecule has 0 saturated carbocycles. The largest absolute Gasteiger partial charge is 0.434 e. The number of benzene rings is 1. The summed E-state index contributed by atoms with van der Waals surface area (Å²) in [6, 6.07) is 11.0. The highest BCUT2D eigenvalue weighted by atomic mass is 32.1. The first-order valence-electron chi connectivity index (χ1n) is 11.9. The van der Waals surface area contributed by atoms with Crippen LogP contribution in [0, 0.1) is 11.3 Å². The highest BCUT2D eigenvalue weighted by Gasteiger charge is 2.38. The molecule has 0 unspecified atom stereocenters. The highest BCUT2D eigenvalue weighted by molar-refractivity contribution is 7.13. The van der Waals surface area contributed by atoms with E-state index in [4.69, 9.17) is 5.26 Å². The number of nitrogens with one attached hydrogen (secondary N) is 1. The van der Waals surface area contributed by atoms with E-state index in [2.05, 4.69) is 20.4 Å². The van der Waals surface area contributed by atoms with E-state index >= 15 is 0 Å². The van der Waals surface area contributed by atoms with E-state index < -0.39 is 30.5 Å². The summed E-state index contributed by atoms with van der Waals surface area (Å²) in [6.45, 7) is 0.938. The van der Waals surface area contributed by atoms with Crippen LogP contribution in [0.25, 0.3) is 16.2 Å². The fraction of sp³-hybridized carbons (Fsp3) is 0.320. The van der Waals surface area contributed by atoms with E-state index in [1.165, 1.54) is 16.6 Å². The Labute approximate surface area is 224 Å². The standard InChI is InChI=1S/C25H22F4N8OS/c1-35-6-7-36(17(10-26)13-35)21-9-19(24(38)31-12-16-4-2-15(11-30)3-5-16)33-20-8-18(34-37(20)21)22-23(25(27,28)29)32-14-39-22/h2-5,8-9,14,17H,6-7,10,12-13H2,1H3,(H,31,38)/t17-/m1/s1. The zero-order valence-corrected chi connectivity index (χ0v) is 21.4. The third-order valence-electron chi connectivity index (χ3n) is 6.40. The molecular weight excluding hydrogens is 536 g/mol. The number of hydrogen-bond acceptors (Lipinski definition) is 8. The van der Waals surface area contributed by atoms with Gasteiger partial charge < -0.3 is 15.1 Å². The van der Waals surface area contributed by atoms with Crippen LogP contribution >= 0.6 is 11.3 Å². The number of anilines is 1. The van der Waals surface area contributed by atoms with Gasteiger partial charge in [0.2, 0.25) is 0 Å². The van der Waals surface area contributed by atoms with Gasteiger partial charge in [-0.3, -0.25) is 4.79 Å². The van der Waals surface area contributed by atoms with Crippen LogP contribution in [0.3, 0.4) is 0 Å². The van der Waals surface area contributed by atoms with Crippen LogP contribution in [0.15, 0.2) is 41.9 Å². The average Bonchev–Trinajstić information content (AvgIpc) is 3.59. The van der Waals surface area contributed by atoms with Gasteiger partial charge in [0.05, 0.1) is 28.1 Å². The maximum Gasteiger partial charge on any atom is 0.434 e. The number of fused-ring (bicyclic) bond motifs is 1. The zero-order valence-electron chi connectivity index (χ0n) is 20.6. The number of carbonyl (C=O) groups excluding carboxylic acids is 1. The molecule has 202 valence electrons. The quantitative estimate of drug-likeness (QED) is 0.360. The molecule has 4 aromatic rings. The molecule has 1 N–H and O–H groups in total. The fourth-order valence-corrected chi connectivity index (χ4v) is 5.20. The van der Waals surface area contributed by atoms with Gasteiger partial charge in [-0.15, -0.1) is 11.3 Å². The highest BCUT2D eigenvalue weighted by Crippen LogP contribution is 2.38. The zero-order chi connectivity index (χ0) is 27.7. The second-order valence-electron chi connectivity index (χ2n) is 9.08. The Bertz CT molecular complexity index is 1540. The topological polar surface area (TPSA) is 102 Å². The van der Waals surface area contributed by atoms with Crippen LogP contribution in [0.1, 0.15) is 27.3 Å². The minimum atomic E-state index is -4.67. The number of hydrogen-bond donors (Lipinski definition) is 1. The summed E-state index contributed by atoms with van der Waals surface area (Å²) in [7, 11) is 1.87. The molecule has 5 rings (SSSR count). The lowest BCUT2D eigenvalue weighted by molar-refractivity contribution is -0.140. The van der Waals surface area contributed by atoms with E-state index in [1.54, 1.807) is 29.2 Å². The third-order valence-corrected chi connectivity index (χ3v) is 7.25. The Morgan fingerprint density at radius 3 is 2.69 bits per heavy atom. The summed E-state index contributed by atoms with van der Waals surface area (Å²) in [5, 5.41) is 16.1. The molecule has 1 aliphatic heterocycles. The first kappa shape index (κ1) is 26.5. The predicted molar refractivity (Wildman–Crippen MR) is 136 cm³/mol. The van der Waals surface area contributed by atoms with Crippen LogP contribution in [0.2, 0.25) is 0 Å². The van der Waals surface area contributed by atoms with Gasteiger partial charge in [-0.25, -0.2) is 14.4 Å². The molecule has 0 radical (unpaired) electrons. The van der Waals surface area contributed by atoms with Crippen molar-refractivity contribution in [2.75, 3.05) is 38.3 Å². The molecule has 0 spiro atoms. The van der Waals surface area contributed by atoms with Gasteiger partial charge in [0.1, 0.15) is 23.9 Å². The van der Waals surface area contributed by atoms with E-state index in [0.29, 0.717) is 31.0 Å². The predicted octanol–water partition coefficient (Wildman–Crippen LogP) is 3.76. The number of amides is 1. The number of piperazine rings is 1. The molecule has 4 heterocycles. The fourth-order valence-electron chi connectivity index (χ4n) is 4.43. The monoisotopic (exact) mass is 558 g/mol. The summed E-state index contributed by atoms with van der Waals surface area (Å²) in [5.41, 5.74) is 1.44. The summed E-state index contributed by atoms with van der Waals surface area (Å²) in [5.74, 6) is -0.172. The summed E-state index contributed by atoms with van der Waals surface area (Å²) >= 11 is 0.796. The second kappa shape index (κ2) is 10.6. The van der Waals surface area contributed by atoms with Crippen LogP contribution in [0.4, 0.5) is 23.4 Å². The number of aromatic nitrogens is 4. The van der Waals surface area contributed by atoms with Crippen LogP contribution in [-0.2, 0) is 12.7 Å². The molecule has 1 aromatic carbocycles. The van der Waals surface area contributed by atoms with Crippen molar-refractivity contribution in [3.05, 3.63) is 64.4 Å². The van der Waals surface area contributed by atoms with Crippen molar-refractivity contribution < 1.29 is 22.4 Å². The van der Waals surface area contributed by atoms with E-state index in [1.807, 2.05) is 18.0 Å². The van der Waals surface area contributed by atoms with Crippen molar-refractivity contribution in [3.8, 4) is 16.6 Å². The molecular formula is C25H22F4N8OS. The van der Waals surface area contributed by atoms with Crippen molar-refractivity contribution in [2.45, 2.75) is 18.8 Å². The number of nitriles is 1. The number of carbonyl (C=O) groups is 1. The molecule has 1 fully saturated rings. The lowest BCUT2D eigenvalue weighted by Gasteiger charge is -2.40. The molecule has 14 heteroatoms. The minimum Gasteiger partial charge on any atom is -0.348 e. The Hall–Kier alpha value is -4.09. The van der Waals surface area contributed by atoms with Gasteiger partial charge in [0, 0.05) is 38.3 Å². The van der Waals surface area contributed by atoms with Gasteiger partial charge >= 0.3 is 6.18 Å². The van der Waals surface area contributed by atoms with Crippen LogP contribution in [0.5, 0.6) is 0 Å². The molecule has 39 heavy (non-hydrogen) atoms. The Kier molecular flexibility index (Phi) is 7.19. The van der Waals surface area contributed by atoms with Gasteiger partial charge in [-0.05, 0) is 24.7 Å². The summed E-state index contributed by atoms with van der Waals surface area (Å²) < 4.78 is 56.0. The number of halogens is 4. The van der Waals surface area contributed by atoms with Crippen LogP contribution in [-0.4, -0.2) is 69.8 Å². The lowest BCUT2D eigenvalue weighted by atomic mass is 10.1. The second-order valence-corrected chi connectivity index (χ2v) is 9.94. The number of likely N-dealkylation sites (N-methyl/N-ethyl adjacent to an activating group) is 1. The van der Waals surface area contributed by atoms with E-state index in [0.717, 1.165) is 22.4 Å².